The van der Waals surface area contributed by atoms with Crippen molar-refractivity contribution in [2.24, 2.45) is 5.92 Å². The fourth-order valence-corrected chi connectivity index (χ4v) is 3.23. The number of hydrogen-bond acceptors (Lipinski definition) is 4. The molecule has 0 aliphatic carbocycles. The molecule has 5 nitrogen and oxygen atoms in total. The Hall–Kier alpha value is -2.43. The Balaban J connectivity index is 1.55. The van der Waals surface area contributed by atoms with Gasteiger partial charge in [0.2, 0.25) is 11.9 Å². The van der Waals surface area contributed by atoms with Crippen molar-refractivity contribution in [2.45, 2.75) is 46.0 Å². The number of aryl methyl sites for hydroxylation is 1. The number of piperidine rings is 1. The summed E-state index contributed by atoms with van der Waals surface area (Å²) in [5, 5.41) is 3.07. The number of anilines is 2. The van der Waals surface area contributed by atoms with Gasteiger partial charge in [0, 0.05) is 36.6 Å². The van der Waals surface area contributed by atoms with E-state index in [1.807, 2.05) is 25.1 Å². The topological polar surface area (TPSA) is 58.1 Å². The molecule has 3 rings (SSSR count). The SMILES string of the molecule is Cc1ccnc(N2CCC(C(=O)Nc3ccc(C(C)(C)C)cc3)CC2)n1. The minimum absolute atomic E-state index is 0.0401. The zero-order valence-corrected chi connectivity index (χ0v) is 16.1. The van der Waals surface area contributed by atoms with E-state index in [0.29, 0.717) is 0 Å². The molecule has 1 fully saturated rings. The largest absolute Gasteiger partial charge is 0.341 e. The van der Waals surface area contributed by atoms with Gasteiger partial charge in [-0.1, -0.05) is 32.9 Å². The molecule has 0 bridgehead atoms. The molecule has 2 aromatic rings. The molecule has 2 heterocycles. The van der Waals surface area contributed by atoms with Gasteiger partial charge in [-0.05, 0) is 48.9 Å². The lowest BCUT2D eigenvalue weighted by Crippen LogP contribution is -2.39. The zero-order valence-electron chi connectivity index (χ0n) is 16.1. The van der Waals surface area contributed by atoms with Gasteiger partial charge >= 0.3 is 0 Å². The number of benzene rings is 1. The van der Waals surface area contributed by atoms with Crippen molar-refractivity contribution in [1.29, 1.82) is 0 Å². The van der Waals surface area contributed by atoms with Gasteiger partial charge in [0.1, 0.15) is 0 Å². The third-order valence-corrected chi connectivity index (χ3v) is 4.95. The fourth-order valence-electron chi connectivity index (χ4n) is 3.23. The number of nitrogens with zero attached hydrogens (tertiary/aromatic N) is 3. The molecule has 5 heteroatoms. The van der Waals surface area contributed by atoms with Crippen molar-refractivity contribution < 1.29 is 4.79 Å². The summed E-state index contributed by atoms with van der Waals surface area (Å²) in [6, 6.07) is 10.1. The van der Waals surface area contributed by atoms with Gasteiger partial charge in [0.25, 0.3) is 0 Å². The van der Waals surface area contributed by atoms with E-state index >= 15 is 0 Å². The predicted molar refractivity (Wildman–Crippen MR) is 105 cm³/mol. The Bertz CT molecular complexity index is 756. The summed E-state index contributed by atoms with van der Waals surface area (Å²) in [4.78, 5) is 23.6. The van der Waals surface area contributed by atoms with Crippen LogP contribution in [0.4, 0.5) is 11.6 Å². The maximum Gasteiger partial charge on any atom is 0.227 e. The second-order valence-electron chi connectivity index (χ2n) is 8.08. The lowest BCUT2D eigenvalue weighted by Gasteiger charge is -2.31. The third kappa shape index (κ3) is 4.40. The van der Waals surface area contributed by atoms with Crippen molar-refractivity contribution in [3.8, 4) is 0 Å². The van der Waals surface area contributed by atoms with E-state index < -0.39 is 0 Å². The molecule has 138 valence electrons. The highest BCUT2D eigenvalue weighted by Crippen LogP contribution is 2.25. The van der Waals surface area contributed by atoms with E-state index in [2.05, 4.69) is 53.1 Å². The Kier molecular flexibility index (Phi) is 5.25. The first kappa shape index (κ1) is 18.4. The highest BCUT2D eigenvalue weighted by molar-refractivity contribution is 5.92. The predicted octanol–water partition coefficient (Wildman–Crippen LogP) is 3.94. The average Bonchev–Trinajstić information content (AvgIpc) is 2.61. The van der Waals surface area contributed by atoms with Gasteiger partial charge in [-0.25, -0.2) is 9.97 Å². The van der Waals surface area contributed by atoms with Crippen LogP contribution < -0.4 is 10.2 Å². The maximum absolute atomic E-state index is 12.6. The molecule has 1 aliphatic heterocycles. The smallest absolute Gasteiger partial charge is 0.227 e. The van der Waals surface area contributed by atoms with Crippen LogP contribution in [0.25, 0.3) is 0 Å². The summed E-state index contributed by atoms with van der Waals surface area (Å²) in [7, 11) is 0. The van der Waals surface area contributed by atoms with Crippen molar-refractivity contribution >= 4 is 17.5 Å². The van der Waals surface area contributed by atoms with Gasteiger partial charge in [-0.2, -0.15) is 0 Å². The molecule has 0 unspecified atom stereocenters. The van der Waals surface area contributed by atoms with Gasteiger partial charge < -0.3 is 10.2 Å². The highest BCUT2D eigenvalue weighted by atomic mass is 16.1. The minimum atomic E-state index is 0.0401. The van der Waals surface area contributed by atoms with Crippen molar-refractivity contribution in [3.63, 3.8) is 0 Å². The van der Waals surface area contributed by atoms with Crippen LogP contribution in [-0.4, -0.2) is 29.0 Å². The first-order valence-corrected chi connectivity index (χ1v) is 9.29. The molecular formula is C21H28N4O. The molecule has 1 N–H and O–H groups in total. The molecule has 0 radical (unpaired) electrons. The van der Waals surface area contributed by atoms with Crippen LogP contribution in [0, 0.1) is 12.8 Å². The minimum Gasteiger partial charge on any atom is -0.341 e. The zero-order chi connectivity index (χ0) is 18.7. The summed E-state index contributed by atoms with van der Waals surface area (Å²) < 4.78 is 0. The van der Waals surface area contributed by atoms with E-state index in [-0.39, 0.29) is 17.2 Å². The van der Waals surface area contributed by atoms with E-state index in [9.17, 15) is 4.79 Å². The van der Waals surface area contributed by atoms with Crippen molar-refractivity contribution in [1.82, 2.24) is 9.97 Å². The first-order chi connectivity index (χ1) is 12.3. The molecule has 0 saturated carbocycles. The number of aromatic nitrogens is 2. The highest BCUT2D eigenvalue weighted by Gasteiger charge is 2.26. The average molecular weight is 352 g/mol. The molecule has 26 heavy (non-hydrogen) atoms. The molecular weight excluding hydrogens is 324 g/mol. The number of nitrogens with one attached hydrogen (secondary N) is 1. The van der Waals surface area contributed by atoms with Crippen LogP contribution in [0.3, 0.4) is 0 Å². The number of carbonyl (C=O) groups is 1. The van der Waals surface area contributed by atoms with Crippen LogP contribution in [-0.2, 0) is 10.2 Å². The number of carbonyl (C=O) groups excluding carboxylic acids is 1. The Morgan fingerprint density at radius 3 is 2.35 bits per heavy atom. The lowest BCUT2D eigenvalue weighted by atomic mass is 9.87. The molecule has 1 aromatic carbocycles. The second-order valence-corrected chi connectivity index (χ2v) is 8.08. The normalized spacial score (nSPS) is 15.8. The van der Waals surface area contributed by atoms with Gasteiger partial charge in [-0.15, -0.1) is 0 Å². The number of amides is 1. The molecule has 1 amide bonds. The summed E-state index contributed by atoms with van der Waals surface area (Å²) in [5.74, 6) is 0.915. The molecule has 0 spiro atoms. The van der Waals surface area contributed by atoms with Crippen LogP contribution in [0.1, 0.15) is 44.9 Å². The monoisotopic (exact) mass is 352 g/mol. The lowest BCUT2D eigenvalue weighted by molar-refractivity contribution is -0.120. The maximum atomic E-state index is 12.6. The second kappa shape index (κ2) is 7.44. The van der Waals surface area contributed by atoms with Crippen molar-refractivity contribution in [2.75, 3.05) is 23.3 Å². The number of hydrogen-bond donors (Lipinski definition) is 1. The molecule has 1 aromatic heterocycles. The van der Waals surface area contributed by atoms with Crippen LogP contribution >= 0.6 is 0 Å². The summed E-state index contributed by atoms with van der Waals surface area (Å²) in [5.41, 5.74) is 3.22. The van der Waals surface area contributed by atoms with E-state index in [1.165, 1.54) is 5.56 Å². The van der Waals surface area contributed by atoms with E-state index in [1.54, 1.807) is 6.20 Å². The standard InChI is InChI=1S/C21H28N4O/c1-15-9-12-22-20(23-15)25-13-10-16(11-14-25)19(26)24-18-7-5-17(6-8-18)21(2,3)4/h5-9,12,16H,10-11,13-14H2,1-4H3,(H,24,26). The Morgan fingerprint density at radius 2 is 1.77 bits per heavy atom. The Morgan fingerprint density at radius 1 is 1.12 bits per heavy atom. The summed E-state index contributed by atoms with van der Waals surface area (Å²) >= 11 is 0. The fraction of sp³-hybridized carbons (Fsp3) is 0.476. The van der Waals surface area contributed by atoms with E-state index in [4.69, 9.17) is 0 Å². The molecule has 1 aliphatic rings. The van der Waals surface area contributed by atoms with Gasteiger partial charge in [-0.3, -0.25) is 4.79 Å². The molecule has 1 saturated heterocycles. The van der Waals surface area contributed by atoms with Gasteiger partial charge in [0.05, 0.1) is 0 Å². The van der Waals surface area contributed by atoms with Crippen LogP contribution in [0.5, 0.6) is 0 Å². The van der Waals surface area contributed by atoms with Crippen LogP contribution in [0.15, 0.2) is 36.5 Å². The van der Waals surface area contributed by atoms with Gasteiger partial charge in [0.15, 0.2) is 0 Å². The summed E-state index contributed by atoms with van der Waals surface area (Å²) in [6.07, 6.45) is 3.43. The first-order valence-electron chi connectivity index (χ1n) is 9.29. The molecule has 0 atom stereocenters. The van der Waals surface area contributed by atoms with Crippen molar-refractivity contribution in [3.05, 3.63) is 47.8 Å². The van der Waals surface area contributed by atoms with Crippen LogP contribution in [0.2, 0.25) is 0 Å². The quantitative estimate of drug-likeness (QED) is 0.909. The Labute approximate surface area is 155 Å². The summed E-state index contributed by atoms with van der Waals surface area (Å²) in [6.45, 7) is 10.1. The van der Waals surface area contributed by atoms with E-state index in [0.717, 1.165) is 43.3 Å². The number of rotatable bonds is 3. The third-order valence-electron chi connectivity index (χ3n) is 4.95.